The van der Waals surface area contributed by atoms with Gasteiger partial charge in [0.2, 0.25) is 6.79 Å². The number of hydrogen-bond donors (Lipinski definition) is 0. The Morgan fingerprint density at radius 2 is 1.79 bits per heavy atom. The molecule has 0 spiro atoms. The van der Waals surface area contributed by atoms with Crippen molar-refractivity contribution in [1.82, 2.24) is 0 Å². The summed E-state index contributed by atoms with van der Waals surface area (Å²) < 4.78 is 22.2. The Balaban J connectivity index is 1.80. The lowest BCUT2D eigenvalue weighted by molar-refractivity contribution is 0.174. The molecule has 0 N–H and O–H groups in total. The van der Waals surface area contributed by atoms with E-state index in [0.717, 1.165) is 48.0 Å². The Morgan fingerprint density at radius 1 is 1.08 bits per heavy atom. The third-order valence-electron chi connectivity index (χ3n) is 4.34. The van der Waals surface area contributed by atoms with Crippen molar-refractivity contribution in [3.8, 4) is 23.0 Å². The van der Waals surface area contributed by atoms with Gasteiger partial charge in [-0.1, -0.05) is 32.4 Å². The fourth-order valence-corrected chi connectivity index (χ4v) is 2.82. The van der Waals surface area contributed by atoms with E-state index in [1.54, 1.807) is 7.11 Å². The average molecular weight is 328 g/mol. The molecule has 1 aliphatic rings. The van der Waals surface area contributed by atoms with Crippen LogP contribution in [0.25, 0.3) is 0 Å². The summed E-state index contributed by atoms with van der Waals surface area (Å²) >= 11 is 0. The fraction of sp³-hybridized carbons (Fsp3) is 0.400. The van der Waals surface area contributed by atoms with Gasteiger partial charge in [-0.05, 0) is 30.2 Å². The second-order valence-electron chi connectivity index (χ2n) is 5.94. The van der Waals surface area contributed by atoms with Gasteiger partial charge in [-0.2, -0.15) is 0 Å². The molecule has 24 heavy (non-hydrogen) atoms. The van der Waals surface area contributed by atoms with E-state index in [9.17, 15) is 0 Å². The molecule has 0 amide bonds. The highest BCUT2D eigenvalue weighted by atomic mass is 16.7. The molecule has 1 aliphatic heterocycles. The lowest BCUT2D eigenvalue weighted by Gasteiger charge is -2.17. The summed E-state index contributed by atoms with van der Waals surface area (Å²) in [7, 11) is 1.68. The standard InChI is InChI=1S/C20H24O4/c1-4-5-10-22-16-8-6-15(7-9-16)14(2)17-11-19-20(24-13-23-19)12-18(17)21-3/h6-9,11-12,14H,4-5,10,13H2,1-3H3/t14-/m0/s1. The zero-order chi connectivity index (χ0) is 16.9. The molecule has 0 fully saturated rings. The highest BCUT2D eigenvalue weighted by molar-refractivity contribution is 5.54. The lowest BCUT2D eigenvalue weighted by Crippen LogP contribution is -2.01. The summed E-state index contributed by atoms with van der Waals surface area (Å²) in [4.78, 5) is 0. The van der Waals surface area contributed by atoms with Gasteiger partial charge in [0, 0.05) is 17.5 Å². The van der Waals surface area contributed by atoms with E-state index >= 15 is 0 Å². The zero-order valence-electron chi connectivity index (χ0n) is 14.5. The van der Waals surface area contributed by atoms with Crippen molar-refractivity contribution in [2.24, 2.45) is 0 Å². The normalized spacial score (nSPS) is 13.6. The van der Waals surface area contributed by atoms with E-state index in [1.807, 2.05) is 24.3 Å². The number of methoxy groups -OCH3 is 1. The van der Waals surface area contributed by atoms with Crippen LogP contribution in [-0.2, 0) is 0 Å². The van der Waals surface area contributed by atoms with Crippen molar-refractivity contribution in [3.63, 3.8) is 0 Å². The number of ether oxygens (including phenoxy) is 4. The average Bonchev–Trinajstić information content (AvgIpc) is 3.08. The maximum Gasteiger partial charge on any atom is 0.231 e. The van der Waals surface area contributed by atoms with Gasteiger partial charge in [-0.15, -0.1) is 0 Å². The van der Waals surface area contributed by atoms with Gasteiger partial charge in [0.1, 0.15) is 11.5 Å². The van der Waals surface area contributed by atoms with Crippen molar-refractivity contribution < 1.29 is 18.9 Å². The van der Waals surface area contributed by atoms with Gasteiger partial charge < -0.3 is 18.9 Å². The summed E-state index contributed by atoms with van der Waals surface area (Å²) in [5, 5.41) is 0. The molecule has 1 atom stereocenters. The minimum atomic E-state index is 0.180. The highest BCUT2D eigenvalue weighted by Gasteiger charge is 2.21. The van der Waals surface area contributed by atoms with Crippen molar-refractivity contribution in [1.29, 1.82) is 0 Å². The molecule has 0 unspecified atom stereocenters. The Bertz CT molecular complexity index is 679. The summed E-state index contributed by atoms with van der Waals surface area (Å²) in [5.41, 5.74) is 2.29. The maximum absolute atomic E-state index is 5.73. The first kappa shape index (κ1) is 16.5. The molecule has 0 radical (unpaired) electrons. The zero-order valence-corrected chi connectivity index (χ0v) is 14.5. The molecule has 128 valence electrons. The molecule has 2 aromatic carbocycles. The Hall–Kier alpha value is -2.36. The van der Waals surface area contributed by atoms with E-state index in [4.69, 9.17) is 18.9 Å². The van der Waals surface area contributed by atoms with Crippen LogP contribution in [0.4, 0.5) is 0 Å². The van der Waals surface area contributed by atoms with Crippen molar-refractivity contribution in [3.05, 3.63) is 47.5 Å². The molecule has 3 rings (SSSR count). The molecule has 0 saturated heterocycles. The number of hydrogen-bond acceptors (Lipinski definition) is 4. The number of rotatable bonds is 7. The van der Waals surface area contributed by atoms with Crippen LogP contribution in [0.5, 0.6) is 23.0 Å². The number of fused-ring (bicyclic) bond motifs is 1. The van der Waals surface area contributed by atoms with Crippen molar-refractivity contribution in [2.75, 3.05) is 20.5 Å². The molecule has 0 bridgehead atoms. The Morgan fingerprint density at radius 3 is 2.46 bits per heavy atom. The van der Waals surface area contributed by atoms with Crippen LogP contribution in [0, 0.1) is 0 Å². The first-order chi connectivity index (χ1) is 11.7. The third-order valence-corrected chi connectivity index (χ3v) is 4.34. The third kappa shape index (κ3) is 3.42. The van der Waals surface area contributed by atoms with Gasteiger partial charge >= 0.3 is 0 Å². The van der Waals surface area contributed by atoms with Crippen LogP contribution in [0.2, 0.25) is 0 Å². The molecule has 4 nitrogen and oxygen atoms in total. The molecule has 1 heterocycles. The van der Waals surface area contributed by atoms with E-state index in [-0.39, 0.29) is 12.7 Å². The van der Waals surface area contributed by atoms with Crippen LogP contribution in [-0.4, -0.2) is 20.5 Å². The Kier molecular flexibility index (Phi) is 5.14. The molecule has 4 heteroatoms. The summed E-state index contributed by atoms with van der Waals surface area (Å²) in [6, 6.07) is 12.2. The largest absolute Gasteiger partial charge is 0.496 e. The molecular weight excluding hydrogens is 304 g/mol. The summed E-state index contributed by atoms with van der Waals surface area (Å²) in [5.74, 6) is 3.42. The minimum absolute atomic E-state index is 0.180. The van der Waals surface area contributed by atoms with Crippen LogP contribution in [0.15, 0.2) is 36.4 Å². The summed E-state index contributed by atoms with van der Waals surface area (Å²) in [6.07, 6.45) is 2.21. The van der Waals surface area contributed by atoms with Crippen LogP contribution in [0.3, 0.4) is 0 Å². The van der Waals surface area contributed by atoms with Crippen LogP contribution >= 0.6 is 0 Å². The van der Waals surface area contributed by atoms with E-state index < -0.39 is 0 Å². The van der Waals surface area contributed by atoms with E-state index in [2.05, 4.69) is 26.0 Å². The summed E-state index contributed by atoms with van der Waals surface area (Å²) in [6.45, 7) is 5.35. The van der Waals surface area contributed by atoms with Crippen molar-refractivity contribution in [2.45, 2.75) is 32.6 Å². The fourth-order valence-electron chi connectivity index (χ4n) is 2.82. The molecular formula is C20H24O4. The second-order valence-corrected chi connectivity index (χ2v) is 5.94. The molecule has 0 aliphatic carbocycles. The maximum atomic E-state index is 5.73. The van der Waals surface area contributed by atoms with Gasteiger partial charge in [0.15, 0.2) is 11.5 Å². The lowest BCUT2D eigenvalue weighted by atomic mass is 9.92. The van der Waals surface area contributed by atoms with Gasteiger partial charge in [0.05, 0.1) is 13.7 Å². The quantitative estimate of drug-likeness (QED) is 0.687. The highest BCUT2D eigenvalue weighted by Crippen LogP contribution is 2.42. The van der Waals surface area contributed by atoms with Crippen LogP contribution in [0.1, 0.15) is 43.7 Å². The second kappa shape index (κ2) is 7.47. The van der Waals surface area contributed by atoms with E-state index in [0.29, 0.717) is 0 Å². The SMILES string of the molecule is CCCCOc1ccc([C@H](C)c2cc3c(cc2OC)OCO3)cc1. The van der Waals surface area contributed by atoms with Crippen LogP contribution < -0.4 is 18.9 Å². The van der Waals surface area contributed by atoms with Gasteiger partial charge in [0.25, 0.3) is 0 Å². The molecule has 0 saturated carbocycles. The predicted molar refractivity (Wildman–Crippen MR) is 93.5 cm³/mol. The Labute approximate surface area is 143 Å². The van der Waals surface area contributed by atoms with Gasteiger partial charge in [-0.25, -0.2) is 0 Å². The molecule has 0 aromatic heterocycles. The first-order valence-electron chi connectivity index (χ1n) is 8.43. The number of unbranched alkanes of at least 4 members (excludes halogenated alkanes) is 1. The smallest absolute Gasteiger partial charge is 0.231 e. The monoisotopic (exact) mass is 328 g/mol. The van der Waals surface area contributed by atoms with Crippen molar-refractivity contribution >= 4 is 0 Å². The molecule has 2 aromatic rings. The first-order valence-corrected chi connectivity index (χ1v) is 8.43. The van der Waals surface area contributed by atoms with E-state index in [1.165, 1.54) is 5.56 Å². The predicted octanol–water partition coefficient (Wildman–Crippen LogP) is 4.75. The van der Waals surface area contributed by atoms with Gasteiger partial charge in [-0.3, -0.25) is 0 Å². The number of benzene rings is 2. The topological polar surface area (TPSA) is 36.9 Å². The minimum Gasteiger partial charge on any atom is -0.496 e.